The highest BCUT2D eigenvalue weighted by atomic mass is 16.5. The Morgan fingerprint density at radius 3 is 1.42 bits per heavy atom. The number of hydrogen-bond acceptors (Lipinski definition) is 4. The minimum Gasteiger partial charge on any atom is -0.465 e. The van der Waals surface area contributed by atoms with Crippen molar-refractivity contribution in [1.82, 2.24) is 0 Å². The fourth-order valence-electron chi connectivity index (χ4n) is 5.52. The third-order valence-electron chi connectivity index (χ3n) is 7.30. The van der Waals surface area contributed by atoms with E-state index in [1.807, 2.05) is 0 Å². The van der Waals surface area contributed by atoms with Gasteiger partial charge in [-0.15, -0.1) is 0 Å². The highest BCUT2D eigenvalue weighted by Gasteiger charge is 2.55. The molecule has 2 bridgehead atoms. The molecule has 0 aromatic rings. The predicted octanol–water partition coefficient (Wildman–Crippen LogP) is 6.95. The minimum absolute atomic E-state index is 0.148. The van der Waals surface area contributed by atoms with Gasteiger partial charge >= 0.3 is 11.9 Å². The Balaban J connectivity index is 1.66. The number of rotatable bonds is 16. The van der Waals surface area contributed by atoms with Crippen molar-refractivity contribution in [1.29, 1.82) is 0 Å². The van der Waals surface area contributed by atoms with Gasteiger partial charge in [-0.3, -0.25) is 9.59 Å². The van der Waals surface area contributed by atoms with E-state index in [-0.39, 0.29) is 23.8 Å². The van der Waals surface area contributed by atoms with Crippen LogP contribution < -0.4 is 0 Å². The van der Waals surface area contributed by atoms with Crippen molar-refractivity contribution in [2.24, 2.45) is 35.5 Å². The van der Waals surface area contributed by atoms with Crippen molar-refractivity contribution in [3.8, 4) is 0 Å². The first-order valence-electron chi connectivity index (χ1n) is 13.2. The zero-order valence-corrected chi connectivity index (χ0v) is 20.7. The first kappa shape index (κ1) is 26.2. The van der Waals surface area contributed by atoms with Gasteiger partial charge in [-0.1, -0.05) is 79.1 Å². The molecule has 2 saturated carbocycles. The Bertz CT molecular complexity index is 481. The quantitative estimate of drug-likeness (QED) is 0.194. The Morgan fingerprint density at radius 2 is 1.03 bits per heavy atom. The van der Waals surface area contributed by atoms with E-state index >= 15 is 0 Å². The second-order valence-corrected chi connectivity index (χ2v) is 10.9. The van der Waals surface area contributed by atoms with Gasteiger partial charge in [-0.05, 0) is 55.8 Å². The van der Waals surface area contributed by atoms with Gasteiger partial charge in [0.2, 0.25) is 0 Å². The third-order valence-corrected chi connectivity index (χ3v) is 7.30. The van der Waals surface area contributed by atoms with E-state index in [1.165, 1.54) is 38.5 Å². The third kappa shape index (κ3) is 9.14. The lowest BCUT2D eigenvalue weighted by molar-refractivity contribution is -0.163. The monoisotopic (exact) mass is 436 g/mol. The summed E-state index contributed by atoms with van der Waals surface area (Å²) in [6.07, 6.45) is 14.6. The molecule has 2 aliphatic rings. The van der Waals surface area contributed by atoms with Crippen LogP contribution in [0.2, 0.25) is 0 Å². The Labute approximate surface area is 191 Å². The van der Waals surface area contributed by atoms with Crippen molar-refractivity contribution in [2.75, 3.05) is 13.2 Å². The summed E-state index contributed by atoms with van der Waals surface area (Å²) in [6.45, 7) is 10.0. The molecule has 0 radical (unpaired) electrons. The second kappa shape index (κ2) is 14.2. The van der Waals surface area contributed by atoms with Gasteiger partial charge in [0.15, 0.2) is 0 Å². The number of carbonyl (C=O) groups excluding carboxylic acids is 2. The molecule has 0 aliphatic heterocycles. The summed E-state index contributed by atoms with van der Waals surface area (Å²) in [6, 6.07) is 0. The molecule has 0 saturated heterocycles. The van der Waals surface area contributed by atoms with Gasteiger partial charge < -0.3 is 9.47 Å². The molecule has 31 heavy (non-hydrogen) atoms. The SMILES string of the molecule is CC(C)CCCCCCOC(=O)C1C2CCC(C2)C1C(=O)OCCCCCCC(C)C. The Morgan fingerprint density at radius 1 is 0.645 bits per heavy atom. The van der Waals surface area contributed by atoms with Gasteiger partial charge in [0.1, 0.15) is 0 Å². The molecule has 0 aromatic heterocycles. The first-order valence-corrected chi connectivity index (χ1v) is 13.2. The number of hydrogen-bond donors (Lipinski definition) is 0. The lowest BCUT2D eigenvalue weighted by Gasteiger charge is -2.27. The van der Waals surface area contributed by atoms with Crippen LogP contribution >= 0.6 is 0 Å². The van der Waals surface area contributed by atoms with Crippen LogP contribution in [0.4, 0.5) is 0 Å². The van der Waals surface area contributed by atoms with Crippen LogP contribution in [-0.2, 0) is 19.1 Å². The molecule has 4 heteroatoms. The molecule has 2 aliphatic carbocycles. The van der Waals surface area contributed by atoms with Crippen molar-refractivity contribution >= 4 is 11.9 Å². The lowest BCUT2D eigenvalue weighted by atomic mass is 9.79. The molecule has 0 heterocycles. The molecule has 4 unspecified atom stereocenters. The van der Waals surface area contributed by atoms with Gasteiger partial charge in [0, 0.05) is 0 Å². The predicted molar refractivity (Wildman–Crippen MR) is 126 cm³/mol. The second-order valence-electron chi connectivity index (χ2n) is 10.9. The van der Waals surface area contributed by atoms with E-state index in [4.69, 9.17) is 9.47 Å². The maximum atomic E-state index is 12.8. The van der Waals surface area contributed by atoms with Crippen molar-refractivity contribution in [3.63, 3.8) is 0 Å². The number of carbonyl (C=O) groups is 2. The minimum atomic E-state index is -0.266. The van der Waals surface area contributed by atoms with Crippen LogP contribution in [0.15, 0.2) is 0 Å². The summed E-state index contributed by atoms with van der Waals surface area (Å²) in [5.41, 5.74) is 0. The van der Waals surface area contributed by atoms with Crippen LogP contribution in [0, 0.1) is 35.5 Å². The highest BCUT2D eigenvalue weighted by molar-refractivity contribution is 5.83. The van der Waals surface area contributed by atoms with Gasteiger partial charge in [0.25, 0.3) is 0 Å². The average Bonchev–Trinajstić information content (AvgIpc) is 3.33. The van der Waals surface area contributed by atoms with Crippen LogP contribution in [0.5, 0.6) is 0 Å². The van der Waals surface area contributed by atoms with Crippen LogP contribution in [0.3, 0.4) is 0 Å². The molecule has 0 N–H and O–H groups in total. The fraction of sp³-hybridized carbons (Fsp3) is 0.926. The Hall–Kier alpha value is -1.06. The summed E-state index contributed by atoms with van der Waals surface area (Å²) in [5.74, 6) is 1.33. The number of ether oxygens (including phenoxy) is 2. The van der Waals surface area contributed by atoms with Crippen molar-refractivity contribution in [2.45, 2.75) is 111 Å². The van der Waals surface area contributed by atoms with Crippen LogP contribution in [-0.4, -0.2) is 25.2 Å². The van der Waals surface area contributed by atoms with E-state index in [0.717, 1.165) is 56.8 Å². The molecule has 0 spiro atoms. The maximum Gasteiger partial charge on any atom is 0.310 e. The molecule has 180 valence electrons. The molecule has 0 aromatic carbocycles. The molecule has 0 amide bonds. The summed E-state index contributed by atoms with van der Waals surface area (Å²) in [7, 11) is 0. The van der Waals surface area contributed by atoms with E-state index in [1.54, 1.807) is 0 Å². The van der Waals surface area contributed by atoms with Crippen LogP contribution in [0.25, 0.3) is 0 Å². The molecule has 2 fully saturated rings. The standard InChI is InChI=1S/C27H48O4/c1-20(2)13-9-5-7-11-17-30-26(28)24-22-15-16-23(19-22)25(24)27(29)31-18-12-8-6-10-14-21(3)4/h20-25H,5-19H2,1-4H3. The van der Waals surface area contributed by atoms with Crippen LogP contribution in [0.1, 0.15) is 111 Å². The topological polar surface area (TPSA) is 52.6 Å². The molecular formula is C27H48O4. The zero-order valence-electron chi connectivity index (χ0n) is 20.7. The van der Waals surface area contributed by atoms with E-state index < -0.39 is 0 Å². The Kier molecular flexibility index (Phi) is 12.0. The van der Waals surface area contributed by atoms with Gasteiger partial charge in [-0.2, -0.15) is 0 Å². The summed E-state index contributed by atoms with van der Waals surface area (Å²) in [4.78, 5) is 25.6. The van der Waals surface area contributed by atoms with Crippen molar-refractivity contribution < 1.29 is 19.1 Å². The summed E-state index contributed by atoms with van der Waals surface area (Å²) < 4.78 is 11.3. The van der Waals surface area contributed by atoms with Crippen molar-refractivity contribution in [3.05, 3.63) is 0 Å². The normalized spacial score (nSPS) is 24.8. The lowest BCUT2D eigenvalue weighted by Crippen LogP contribution is -2.37. The summed E-state index contributed by atoms with van der Waals surface area (Å²) >= 11 is 0. The van der Waals surface area contributed by atoms with E-state index in [0.29, 0.717) is 25.0 Å². The number of fused-ring (bicyclic) bond motifs is 2. The van der Waals surface area contributed by atoms with Gasteiger partial charge in [0.05, 0.1) is 25.0 Å². The van der Waals surface area contributed by atoms with E-state index in [2.05, 4.69) is 27.7 Å². The highest BCUT2D eigenvalue weighted by Crippen LogP contribution is 2.53. The number of esters is 2. The largest absolute Gasteiger partial charge is 0.465 e. The smallest absolute Gasteiger partial charge is 0.310 e. The molecular weight excluding hydrogens is 388 g/mol. The number of unbranched alkanes of at least 4 members (excludes halogenated alkanes) is 6. The molecule has 4 nitrogen and oxygen atoms in total. The summed E-state index contributed by atoms with van der Waals surface area (Å²) in [5, 5.41) is 0. The molecule has 4 atom stereocenters. The van der Waals surface area contributed by atoms with Gasteiger partial charge in [-0.25, -0.2) is 0 Å². The average molecular weight is 437 g/mol. The maximum absolute atomic E-state index is 12.8. The zero-order chi connectivity index (χ0) is 22.6. The van der Waals surface area contributed by atoms with E-state index in [9.17, 15) is 9.59 Å². The first-order chi connectivity index (χ1) is 14.9. The molecule has 2 rings (SSSR count). The fourth-order valence-corrected chi connectivity index (χ4v) is 5.52.